The van der Waals surface area contributed by atoms with Gasteiger partial charge >= 0.3 is 5.97 Å². The molecule has 0 aliphatic carbocycles. The van der Waals surface area contributed by atoms with Gasteiger partial charge in [-0.25, -0.2) is 0 Å². The van der Waals surface area contributed by atoms with E-state index in [0.717, 1.165) is 50.3 Å². The van der Waals surface area contributed by atoms with Crippen molar-refractivity contribution in [3.05, 3.63) is 23.3 Å². The van der Waals surface area contributed by atoms with Crippen molar-refractivity contribution in [2.24, 2.45) is 17.8 Å². The number of rotatable bonds is 7. The van der Waals surface area contributed by atoms with Crippen molar-refractivity contribution in [3.8, 4) is 11.5 Å². The molecule has 7 heteroatoms. The molecule has 0 unspecified atom stereocenters. The average Bonchev–Trinajstić information content (AvgIpc) is 2.71. The van der Waals surface area contributed by atoms with E-state index in [4.69, 9.17) is 14.2 Å². The number of piperidine rings is 1. The van der Waals surface area contributed by atoms with E-state index in [1.54, 1.807) is 14.2 Å². The van der Waals surface area contributed by atoms with Gasteiger partial charge in [0, 0.05) is 31.5 Å². The van der Waals surface area contributed by atoms with Crippen LogP contribution in [0.3, 0.4) is 0 Å². The molecule has 0 aromatic heterocycles. The van der Waals surface area contributed by atoms with Gasteiger partial charge in [-0.2, -0.15) is 0 Å². The third-order valence-corrected chi connectivity index (χ3v) is 6.62. The Balaban J connectivity index is 0.00000240. The molecule has 2 heterocycles. The molecule has 1 aromatic carbocycles. The van der Waals surface area contributed by atoms with Crippen molar-refractivity contribution in [1.82, 2.24) is 4.90 Å². The van der Waals surface area contributed by atoms with Gasteiger partial charge in [-0.1, -0.05) is 27.7 Å². The van der Waals surface area contributed by atoms with Crippen LogP contribution in [0, 0.1) is 17.8 Å². The number of fused-ring (bicyclic) bond motifs is 3. The van der Waals surface area contributed by atoms with Gasteiger partial charge in [-0.15, -0.1) is 24.8 Å². The highest BCUT2D eigenvalue weighted by Crippen LogP contribution is 2.44. The second-order valence-electron chi connectivity index (χ2n) is 9.08. The summed E-state index contributed by atoms with van der Waals surface area (Å²) in [6.07, 6.45) is 3.73. The van der Waals surface area contributed by atoms with Crippen LogP contribution in [0.1, 0.15) is 64.1 Å². The monoisotopic (exact) mass is 475 g/mol. The predicted octanol–water partition coefficient (Wildman–Crippen LogP) is 5.47. The molecule has 3 rings (SSSR count). The van der Waals surface area contributed by atoms with Crippen LogP contribution >= 0.6 is 24.8 Å². The van der Waals surface area contributed by atoms with Gasteiger partial charge < -0.3 is 14.2 Å². The van der Waals surface area contributed by atoms with Crippen LogP contribution in [-0.2, 0) is 16.0 Å². The van der Waals surface area contributed by atoms with Crippen LogP contribution < -0.4 is 9.47 Å². The van der Waals surface area contributed by atoms with Gasteiger partial charge in [0.25, 0.3) is 0 Å². The molecule has 4 atom stereocenters. The van der Waals surface area contributed by atoms with Gasteiger partial charge in [0.15, 0.2) is 11.5 Å². The highest BCUT2D eigenvalue weighted by Gasteiger charge is 2.41. The van der Waals surface area contributed by atoms with E-state index >= 15 is 0 Å². The van der Waals surface area contributed by atoms with Crippen LogP contribution in [0.15, 0.2) is 12.1 Å². The molecule has 0 spiro atoms. The third-order valence-electron chi connectivity index (χ3n) is 6.62. The Bertz CT molecular complexity index is 728. The Labute approximate surface area is 200 Å². The lowest BCUT2D eigenvalue weighted by Crippen LogP contribution is -2.49. The fourth-order valence-electron chi connectivity index (χ4n) is 4.81. The zero-order valence-corrected chi connectivity index (χ0v) is 21.3. The highest BCUT2D eigenvalue weighted by atomic mass is 35.5. The second kappa shape index (κ2) is 12.2. The largest absolute Gasteiger partial charge is 0.493 e. The zero-order chi connectivity index (χ0) is 21.1. The normalized spacial score (nSPS) is 23.5. The molecule has 1 fully saturated rings. The molecule has 0 radical (unpaired) electrons. The minimum atomic E-state index is -0.0527. The minimum absolute atomic E-state index is 0. The van der Waals surface area contributed by atoms with Gasteiger partial charge in [0.05, 0.1) is 20.1 Å². The summed E-state index contributed by atoms with van der Waals surface area (Å²) >= 11 is 0. The SMILES string of the molecule is CC[C@H](C)C(=O)O[C@@H]1C[C@@H]2c3cc(OC)c(OC)cc3CCN2C[C@H]1CC(C)C.Cl.Cl. The summed E-state index contributed by atoms with van der Waals surface area (Å²) in [6.45, 7) is 10.5. The van der Waals surface area contributed by atoms with Crippen molar-refractivity contribution in [3.63, 3.8) is 0 Å². The van der Waals surface area contributed by atoms with Crippen LogP contribution in [0.2, 0.25) is 0 Å². The summed E-state index contributed by atoms with van der Waals surface area (Å²) in [5.41, 5.74) is 2.61. The van der Waals surface area contributed by atoms with Crippen molar-refractivity contribution in [2.75, 3.05) is 27.3 Å². The molecular weight excluding hydrogens is 437 g/mol. The summed E-state index contributed by atoms with van der Waals surface area (Å²) in [5.74, 6) is 2.43. The van der Waals surface area contributed by atoms with E-state index in [2.05, 4.69) is 30.9 Å². The summed E-state index contributed by atoms with van der Waals surface area (Å²) in [4.78, 5) is 15.2. The number of hydrogen-bond acceptors (Lipinski definition) is 5. The fourth-order valence-corrected chi connectivity index (χ4v) is 4.81. The number of ether oxygens (including phenoxy) is 3. The molecule has 0 N–H and O–H groups in total. The van der Waals surface area contributed by atoms with E-state index in [9.17, 15) is 4.79 Å². The molecule has 1 saturated heterocycles. The first-order chi connectivity index (χ1) is 13.9. The molecule has 2 aliphatic rings. The first-order valence-electron chi connectivity index (χ1n) is 11.1. The first kappa shape index (κ1) is 27.9. The molecule has 31 heavy (non-hydrogen) atoms. The molecule has 2 aliphatic heterocycles. The third kappa shape index (κ3) is 6.21. The maximum atomic E-state index is 12.6. The summed E-state index contributed by atoms with van der Waals surface area (Å²) < 4.78 is 17.2. The molecule has 5 nitrogen and oxygen atoms in total. The Hall–Kier alpha value is -1.17. The standard InChI is InChI=1S/C24H37NO4.2ClH/c1-7-16(4)24(26)29-21-13-20-19-12-23(28-6)22(27-5)11-17(19)8-9-25(20)14-18(21)10-15(2)3;;/h11-12,15-16,18,20-21H,7-10,13-14H2,1-6H3;2*1H/t16-,18+,20+,21+;;/m0../s1. The Kier molecular flexibility index (Phi) is 10.9. The van der Waals surface area contributed by atoms with E-state index in [-0.39, 0.29) is 48.8 Å². The molecule has 1 aromatic rings. The maximum Gasteiger partial charge on any atom is 0.308 e. The average molecular weight is 476 g/mol. The number of carbonyl (C=O) groups is 1. The van der Waals surface area contributed by atoms with E-state index in [1.165, 1.54) is 11.1 Å². The molecule has 0 bridgehead atoms. The molecule has 0 saturated carbocycles. The number of benzene rings is 1. The second-order valence-corrected chi connectivity index (χ2v) is 9.08. The van der Waals surface area contributed by atoms with Crippen molar-refractivity contribution in [1.29, 1.82) is 0 Å². The molecule has 178 valence electrons. The predicted molar refractivity (Wildman–Crippen MR) is 129 cm³/mol. The van der Waals surface area contributed by atoms with Crippen LogP contribution in [0.5, 0.6) is 11.5 Å². The quantitative estimate of drug-likeness (QED) is 0.489. The number of halogens is 2. The van der Waals surface area contributed by atoms with Gasteiger partial charge in [0.1, 0.15) is 6.10 Å². The summed E-state index contributed by atoms with van der Waals surface area (Å²) in [5, 5.41) is 0. The topological polar surface area (TPSA) is 48.0 Å². The van der Waals surface area contributed by atoms with Crippen LogP contribution in [-0.4, -0.2) is 44.3 Å². The van der Waals surface area contributed by atoms with E-state index in [1.807, 2.05) is 13.8 Å². The van der Waals surface area contributed by atoms with Crippen LogP contribution in [0.4, 0.5) is 0 Å². The van der Waals surface area contributed by atoms with Crippen molar-refractivity contribution in [2.45, 2.75) is 65.5 Å². The fraction of sp³-hybridized carbons (Fsp3) is 0.708. The Morgan fingerprint density at radius 3 is 2.35 bits per heavy atom. The number of hydrogen-bond donors (Lipinski definition) is 0. The molecule has 0 amide bonds. The number of nitrogens with zero attached hydrogens (tertiary/aromatic N) is 1. The highest BCUT2D eigenvalue weighted by molar-refractivity contribution is 5.85. The lowest BCUT2D eigenvalue weighted by atomic mass is 9.79. The van der Waals surface area contributed by atoms with E-state index in [0.29, 0.717) is 11.8 Å². The van der Waals surface area contributed by atoms with Crippen molar-refractivity contribution >= 4 is 30.8 Å². The Morgan fingerprint density at radius 1 is 1.13 bits per heavy atom. The minimum Gasteiger partial charge on any atom is -0.493 e. The smallest absolute Gasteiger partial charge is 0.308 e. The van der Waals surface area contributed by atoms with E-state index < -0.39 is 0 Å². The van der Waals surface area contributed by atoms with Crippen molar-refractivity contribution < 1.29 is 19.0 Å². The zero-order valence-electron chi connectivity index (χ0n) is 19.7. The van der Waals surface area contributed by atoms with Gasteiger partial charge in [0.2, 0.25) is 0 Å². The number of esters is 1. The first-order valence-corrected chi connectivity index (χ1v) is 11.1. The maximum absolute atomic E-state index is 12.6. The van der Waals surface area contributed by atoms with Gasteiger partial charge in [-0.05, 0) is 48.4 Å². The van der Waals surface area contributed by atoms with Crippen LogP contribution in [0.25, 0.3) is 0 Å². The Morgan fingerprint density at radius 2 is 1.77 bits per heavy atom. The van der Waals surface area contributed by atoms with Gasteiger partial charge in [-0.3, -0.25) is 9.69 Å². The molecular formula is C24H39Cl2NO4. The number of carbonyl (C=O) groups excluding carboxylic acids is 1. The number of methoxy groups -OCH3 is 2. The summed E-state index contributed by atoms with van der Waals surface area (Å²) in [7, 11) is 3.36. The lowest BCUT2D eigenvalue weighted by Gasteiger charge is -2.47. The summed E-state index contributed by atoms with van der Waals surface area (Å²) in [6, 6.07) is 4.50. The lowest BCUT2D eigenvalue weighted by molar-refractivity contribution is -0.162.